The molecule has 0 aromatic heterocycles. The minimum Gasteiger partial charge on any atom is -0.375 e. The first kappa shape index (κ1) is 12.5. The van der Waals surface area contributed by atoms with Gasteiger partial charge in [-0.1, -0.05) is 24.3 Å². The maximum absolute atomic E-state index is 5.83. The van der Waals surface area contributed by atoms with Crippen molar-refractivity contribution in [2.45, 2.75) is 30.9 Å². The summed E-state index contributed by atoms with van der Waals surface area (Å²) in [7, 11) is 0. The number of hydrogen-bond acceptors (Lipinski definition) is 4. The van der Waals surface area contributed by atoms with Crippen LogP contribution in [-0.2, 0) is 11.2 Å². The van der Waals surface area contributed by atoms with Crippen LogP contribution in [0.25, 0.3) is 0 Å². The van der Waals surface area contributed by atoms with Crippen LogP contribution in [0.15, 0.2) is 24.3 Å². The average molecular weight is 264 g/mol. The number of hydrazine groups is 1. The summed E-state index contributed by atoms with van der Waals surface area (Å²) in [5.74, 6) is 8.53. The van der Waals surface area contributed by atoms with Gasteiger partial charge < -0.3 is 4.74 Å². The van der Waals surface area contributed by atoms with E-state index in [0.717, 1.165) is 24.5 Å². The van der Waals surface area contributed by atoms with Gasteiger partial charge in [-0.15, -0.1) is 0 Å². The second-order valence-corrected chi connectivity index (χ2v) is 6.24. The summed E-state index contributed by atoms with van der Waals surface area (Å²) in [6, 6.07) is 8.99. The number of hydrogen-bond donors (Lipinski definition) is 2. The van der Waals surface area contributed by atoms with Gasteiger partial charge in [0.15, 0.2) is 0 Å². The Labute approximate surface area is 112 Å². The van der Waals surface area contributed by atoms with Crippen LogP contribution in [0.2, 0.25) is 0 Å². The minimum absolute atomic E-state index is 0.265. The molecule has 1 aromatic rings. The van der Waals surface area contributed by atoms with Gasteiger partial charge in [-0.25, -0.2) is 0 Å². The smallest absolute Gasteiger partial charge is 0.0832 e. The van der Waals surface area contributed by atoms with Gasteiger partial charge in [0, 0.05) is 17.5 Å². The predicted octanol–water partition coefficient (Wildman–Crippen LogP) is 1.68. The summed E-state index contributed by atoms with van der Waals surface area (Å²) in [6.07, 6.45) is 2.54. The summed E-state index contributed by atoms with van der Waals surface area (Å²) < 4.78 is 5.83. The predicted molar refractivity (Wildman–Crippen MR) is 75.7 cm³/mol. The van der Waals surface area contributed by atoms with E-state index < -0.39 is 0 Å². The molecule has 18 heavy (non-hydrogen) atoms. The minimum atomic E-state index is 0.265. The standard InChI is InChI=1S/C14H20N2OS/c15-16-13(14-9-18-6-5-17-14)8-11-7-10-3-1-2-4-12(10)11/h1-4,11,13-14,16H,5-9,15H2. The summed E-state index contributed by atoms with van der Waals surface area (Å²) in [4.78, 5) is 0. The Morgan fingerprint density at radius 1 is 1.44 bits per heavy atom. The number of nitrogens with one attached hydrogen (secondary N) is 1. The molecule has 3 atom stereocenters. The summed E-state index contributed by atoms with van der Waals surface area (Å²) in [5, 5.41) is 0. The lowest BCUT2D eigenvalue weighted by Gasteiger charge is -2.36. The van der Waals surface area contributed by atoms with E-state index in [-0.39, 0.29) is 12.1 Å². The van der Waals surface area contributed by atoms with Crippen molar-refractivity contribution in [2.24, 2.45) is 5.84 Å². The molecule has 2 aliphatic rings. The molecule has 0 radical (unpaired) electrons. The molecule has 0 saturated carbocycles. The monoisotopic (exact) mass is 264 g/mol. The first-order valence-corrected chi connectivity index (χ1v) is 7.77. The fourth-order valence-electron chi connectivity index (χ4n) is 2.94. The molecule has 1 heterocycles. The molecule has 0 bridgehead atoms. The average Bonchev–Trinajstić information content (AvgIpc) is 2.41. The number of nitrogens with two attached hydrogens (primary N) is 1. The molecule has 3 nitrogen and oxygen atoms in total. The van der Waals surface area contributed by atoms with Gasteiger partial charge in [0.05, 0.1) is 12.7 Å². The van der Waals surface area contributed by atoms with Crippen LogP contribution >= 0.6 is 11.8 Å². The fourth-order valence-corrected chi connectivity index (χ4v) is 3.89. The maximum Gasteiger partial charge on any atom is 0.0832 e. The van der Waals surface area contributed by atoms with E-state index in [1.807, 2.05) is 11.8 Å². The zero-order valence-electron chi connectivity index (χ0n) is 10.5. The van der Waals surface area contributed by atoms with Crippen LogP contribution in [0.5, 0.6) is 0 Å². The molecule has 3 unspecified atom stereocenters. The van der Waals surface area contributed by atoms with Crippen molar-refractivity contribution >= 4 is 11.8 Å². The molecule has 98 valence electrons. The Bertz CT molecular complexity index is 407. The molecular formula is C14H20N2OS. The first-order chi connectivity index (χ1) is 8.88. The summed E-state index contributed by atoms with van der Waals surface area (Å²) in [5.41, 5.74) is 5.96. The van der Waals surface area contributed by atoms with E-state index in [1.165, 1.54) is 17.5 Å². The third-order valence-corrected chi connectivity index (χ3v) is 5.02. The fraction of sp³-hybridized carbons (Fsp3) is 0.571. The molecule has 1 saturated heterocycles. The van der Waals surface area contributed by atoms with Gasteiger partial charge in [0.25, 0.3) is 0 Å². The largest absolute Gasteiger partial charge is 0.375 e. The van der Waals surface area contributed by atoms with Gasteiger partial charge in [0.1, 0.15) is 0 Å². The topological polar surface area (TPSA) is 47.3 Å². The molecule has 3 N–H and O–H groups in total. The second-order valence-electron chi connectivity index (χ2n) is 5.09. The molecular weight excluding hydrogens is 244 g/mol. The molecule has 1 fully saturated rings. The zero-order chi connectivity index (χ0) is 12.4. The highest BCUT2D eigenvalue weighted by atomic mass is 32.2. The SMILES string of the molecule is NNC(CC1Cc2ccccc21)C1CSCCO1. The molecule has 1 aromatic carbocycles. The van der Waals surface area contributed by atoms with Crippen molar-refractivity contribution in [1.29, 1.82) is 0 Å². The lowest BCUT2D eigenvalue weighted by Crippen LogP contribution is -2.49. The second kappa shape index (κ2) is 5.61. The normalized spacial score (nSPS) is 28.3. The number of thioether (sulfide) groups is 1. The highest BCUT2D eigenvalue weighted by Gasteiger charge is 2.32. The van der Waals surface area contributed by atoms with Crippen LogP contribution in [0.1, 0.15) is 23.5 Å². The quantitative estimate of drug-likeness (QED) is 0.641. The third-order valence-electron chi connectivity index (χ3n) is 4.00. The molecule has 3 rings (SSSR count). The van der Waals surface area contributed by atoms with Crippen molar-refractivity contribution in [3.63, 3.8) is 0 Å². The van der Waals surface area contributed by atoms with Crippen molar-refractivity contribution in [1.82, 2.24) is 5.43 Å². The van der Waals surface area contributed by atoms with E-state index >= 15 is 0 Å². The Balaban J connectivity index is 1.61. The lowest BCUT2D eigenvalue weighted by molar-refractivity contribution is 0.0422. The third kappa shape index (κ3) is 2.43. The van der Waals surface area contributed by atoms with Gasteiger partial charge >= 0.3 is 0 Å². The van der Waals surface area contributed by atoms with Crippen LogP contribution in [0, 0.1) is 0 Å². The molecule has 0 amide bonds. The van der Waals surface area contributed by atoms with Crippen LogP contribution in [0.4, 0.5) is 0 Å². The molecule has 4 heteroatoms. The highest BCUT2D eigenvalue weighted by Crippen LogP contribution is 2.38. The van der Waals surface area contributed by atoms with E-state index in [1.54, 1.807) is 0 Å². The summed E-state index contributed by atoms with van der Waals surface area (Å²) in [6.45, 7) is 0.856. The number of benzene rings is 1. The van der Waals surface area contributed by atoms with E-state index in [2.05, 4.69) is 29.7 Å². The van der Waals surface area contributed by atoms with E-state index in [9.17, 15) is 0 Å². The van der Waals surface area contributed by atoms with Gasteiger partial charge in [-0.05, 0) is 29.9 Å². The maximum atomic E-state index is 5.83. The first-order valence-electron chi connectivity index (χ1n) is 6.61. The summed E-state index contributed by atoms with van der Waals surface area (Å²) >= 11 is 1.96. The Morgan fingerprint density at radius 3 is 3.06 bits per heavy atom. The van der Waals surface area contributed by atoms with E-state index in [4.69, 9.17) is 10.6 Å². The number of ether oxygens (including phenoxy) is 1. The number of fused-ring (bicyclic) bond motifs is 1. The lowest BCUT2D eigenvalue weighted by atomic mass is 9.74. The Kier molecular flexibility index (Phi) is 3.89. The molecule has 0 spiro atoms. The van der Waals surface area contributed by atoms with Crippen molar-refractivity contribution in [3.05, 3.63) is 35.4 Å². The number of rotatable bonds is 4. The van der Waals surface area contributed by atoms with Crippen LogP contribution in [0.3, 0.4) is 0 Å². The van der Waals surface area contributed by atoms with Crippen molar-refractivity contribution in [2.75, 3.05) is 18.1 Å². The van der Waals surface area contributed by atoms with Crippen LogP contribution in [-0.4, -0.2) is 30.3 Å². The molecule has 1 aliphatic carbocycles. The Morgan fingerprint density at radius 2 is 2.33 bits per heavy atom. The van der Waals surface area contributed by atoms with Crippen molar-refractivity contribution < 1.29 is 4.74 Å². The van der Waals surface area contributed by atoms with Gasteiger partial charge in [-0.3, -0.25) is 11.3 Å². The Hall–Kier alpha value is -0.550. The van der Waals surface area contributed by atoms with Crippen LogP contribution < -0.4 is 11.3 Å². The zero-order valence-corrected chi connectivity index (χ0v) is 11.3. The van der Waals surface area contributed by atoms with Gasteiger partial charge in [0.2, 0.25) is 0 Å². The van der Waals surface area contributed by atoms with Gasteiger partial charge in [-0.2, -0.15) is 11.8 Å². The van der Waals surface area contributed by atoms with Crippen molar-refractivity contribution in [3.8, 4) is 0 Å². The highest BCUT2D eigenvalue weighted by molar-refractivity contribution is 7.99. The molecule has 1 aliphatic heterocycles. The van der Waals surface area contributed by atoms with E-state index in [0.29, 0.717) is 5.92 Å².